The molecule has 1 saturated heterocycles. The SMILES string of the molecule is Cc1ncnc2c1c(-c1ccccc1)nn2[C@@H]1O[C@H](CO)[C@@H](O)[C@H]1O. The molecule has 8 heteroatoms. The van der Waals surface area contributed by atoms with Crippen LogP contribution in [0, 0.1) is 6.92 Å². The lowest BCUT2D eigenvalue weighted by atomic mass is 10.1. The zero-order valence-corrected chi connectivity index (χ0v) is 13.5. The molecule has 3 N–H and O–H groups in total. The number of aryl methyl sites for hydroxylation is 1. The Morgan fingerprint density at radius 2 is 1.88 bits per heavy atom. The normalized spacial score (nSPS) is 26.4. The highest BCUT2D eigenvalue weighted by molar-refractivity contribution is 5.92. The molecule has 1 fully saturated rings. The Kier molecular flexibility index (Phi) is 3.97. The van der Waals surface area contributed by atoms with Crippen molar-refractivity contribution < 1.29 is 20.1 Å². The van der Waals surface area contributed by atoms with Gasteiger partial charge in [-0.1, -0.05) is 30.3 Å². The van der Waals surface area contributed by atoms with E-state index in [1.165, 1.54) is 11.0 Å². The third kappa shape index (κ3) is 2.50. The molecule has 130 valence electrons. The lowest BCUT2D eigenvalue weighted by molar-refractivity contribution is -0.0565. The van der Waals surface area contributed by atoms with Crippen molar-refractivity contribution in [1.82, 2.24) is 19.7 Å². The van der Waals surface area contributed by atoms with Crippen LogP contribution in [0.25, 0.3) is 22.3 Å². The van der Waals surface area contributed by atoms with Gasteiger partial charge in [-0.15, -0.1) is 0 Å². The molecular weight excluding hydrogens is 324 g/mol. The maximum atomic E-state index is 10.3. The monoisotopic (exact) mass is 342 g/mol. The first-order valence-corrected chi connectivity index (χ1v) is 7.99. The van der Waals surface area contributed by atoms with E-state index < -0.39 is 31.1 Å². The van der Waals surface area contributed by atoms with Crippen molar-refractivity contribution in [3.8, 4) is 11.3 Å². The Labute approximate surface area is 143 Å². The van der Waals surface area contributed by atoms with Crippen molar-refractivity contribution >= 4 is 11.0 Å². The van der Waals surface area contributed by atoms with Crippen molar-refractivity contribution in [2.45, 2.75) is 31.5 Å². The van der Waals surface area contributed by atoms with Crippen LogP contribution in [0.3, 0.4) is 0 Å². The third-order valence-electron chi connectivity index (χ3n) is 4.48. The highest BCUT2D eigenvalue weighted by Crippen LogP contribution is 2.35. The van der Waals surface area contributed by atoms with E-state index in [0.717, 1.165) is 16.6 Å². The van der Waals surface area contributed by atoms with E-state index in [2.05, 4.69) is 15.1 Å². The maximum Gasteiger partial charge on any atom is 0.181 e. The number of aliphatic hydroxyl groups excluding tert-OH is 3. The molecule has 0 radical (unpaired) electrons. The first-order chi connectivity index (χ1) is 12.1. The minimum atomic E-state index is -1.22. The molecule has 0 unspecified atom stereocenters. The molecule has 0 aliphatic carbocycles. The van der Waals surface area contributed by atoms with Crippen molar-refractivity contribution in [2.24, 2.45) is 0 Å². The molecular formula is C17H18N4O4. The summed E-state index contributed by atoms with van der Waals surface area (Å²) in [4.78, 5) is 8.54. The van der Waals surface area contributed by atoms with Gasteiger partial charge in [-0.25, -0.2) is 14.6 Å². The molecule has 3 heterocycles. The second-order valence-electron chi connectivity index (χ2n) is 6.05. The highest BCUT2D eigenvalue weighted by Gasteiger charge is 2.44. The number of fused-ring (bicyclic) bond motifs is 1. The Bertz CT molecular complexity index is 898. The molecule has 4 rings (SSSR count). The predicted molar refractivity (Wildman–Crippen MR) is 88.5 cm³/mol. The average Bonchev–Trinajstić information content (AvgIpc) is 3.15. The minimum Gasteiger partial charge on any atom is -0.394 e. The van der Waals surface area contributed by atoms with Crippen LogP contribution >= 0.6 is 0 Å². The number of hydrogen-bond donors (Lipinski definition) is 3. The van der Waals surface area contributed by atoms with Crippen molar-refractivity contribution in [3.05, 3.63) is 42.4 Å². The fraction of sp³-hybridized carbons (Fsp3) is 0.353. The lowest BCUT2D eigenvalue weighted by Gasteiger charge is -2.15. The fourth-order valence-corrected chi connectivity index (χ4v) is 3.17. The van der Waals surface area contributed by atoms with Gasteiger partial charge in [-0.2, -0.15) is 5.10 Å². The average molecular weight is 342 g/mol. The van der Waals surface area contributed by atoms with Crippen LogP contribution in [-0.4, -0.2) is 60.0 Å². The molecule has 1 aliphatic heterocycles. The Balaban J connectivity index is 1.90. The fourth-order valence-electron chi connectivity index (χ4n) is 3.17. The van der Waals surface area contributed by atoms with E-state index in [-0.39, 0.29) is 0 Å². The molecule has 1 aliphatic rings. The number of nitrogens with zero attached hydrogens (tertiary/aromatic N) is 4. The topological polar surface area (TPSA) is 114 Å². The summed E-state index contributed by atoms with van der Waals surface area (Å²) in [5.74, 6) is 0. The van der Waals surface area contributed by atoms with Gasteiger partial charge in [0.05, 0.1) is 17.7 Å². The van der Waals surface area contributed by atoms with Crippen LogP contribution in [-0.2, 0) is 4.74 Å². The summed E-state index contributed by atoms with van der Waals surface area (Å²) in [5.41, 5.74) is 2.81. The van der Waals surface area contributed by atoms with E-state index >= 15 is 0 Å². The summed E-state index contributed by atoms with van der Waals surface area (Å²) in [7, 11) is 0. The molecule has 0 spiro atoms. The van der Waals surface area contributed by atoms with Crippen molar-refractivity contribution in [2.75, 3.05) is 6.61 Å². The standard InChI is InChI=1S/C17H18N4O4/c1-9-12-13(10-5-3-2-4-6-10)20-21(16(12)19-8-18-9)17-15(24)14(23)11(7-22)25-17/h2-6,8,11,14-15,17,22-24H,7H2,1H3/t11-,14-,15-,17-/m1/s1. The van der Waals surface area contributed by atoms with Crippen LogP contribution in [0.1, 0.15) is 11.9 Å². The van der Waals surface area contributed by atoms with Crippen LogP contribution in [0.15, 0.2) is 36.7 Å². The summed E-state index contributed by atoms with van der Waals surface area (Å²) >= 11 is 0. The summed E-state index contributed by atoms with van der Waals surface area (Å²) in [6.45, 7) is 1.47. The summed E-state index contributed by atoms with van der Waals surface area (Å²) in [6.07, 6.45) is -2.81. The molecule has 8 nitrogen and oxygen atoms in total. The van der Waals surface area contributed by atoms with Crippen LogP contribution < -0.4 is 0 Å². The first kappa shape index (κ1) is 16.1. The number of hydrogen-bond acceptors (Lipinski definition) is 7. The molecule has 0 saturated carbocycles. The van der Waals surface area contributed by atoms with E-state index in [1.54, 1.807) is 0 Å². The Hall–Kier alpha value is -2.39. The molecule has 3 aromatic rings. The maximum absolute atomic E-state index is 10.3. The van der Waals surface area contributed by atoms with Crippen molar-refractivity contribution in [1.29, 1.82) is 0 Å². The van der Waals surface area contributed by atoms with Crippen LogP contribution in [0.2, 0.25) is 0 Å². The van der Waals surface area contributed by atoms with Gasteiger partial charge < -0.3 is 20.1 Å². The van der Waals surface area contributed by atoms with E-state index in [0.29, 0.717) is 11.3 Å². The number of aromatic nitrogens is 4. The number of benzene rings is 1. The van der Waals surface area contributed by atoms with Gasteiger partial charge in [-0.05, 0) is 6.92 Å². The largest absolute Gasteiger partial charge is 0.394 e. The Morgan fingerprint density at radius 1 is 1.12 bits per heavy atom. The van der Waals surface area contributed by atoms with Gasteiger partial charge in [0.15, 0.2) is 11.9 Å². The second kappa shape index (κ2) is 6.16. The first-order valence-electron chi connectivity index (χ1n) is 7.99. The predicted octanol–water partition coefficient (Wildman–Crippen LogP) is 0.413. The molecule has 4 atom stereocenters. The smallest absolute Gasteiger partial charge is 0.181 e. The lowest BCUT2D eigenvalue weighted by Crippen LogP contribution is -2.33. The molecule has 2 aromatic heterocycles. The van der Waals surface area contributed by atoms with E-state index in [9.17, 15) is 15.3 Å². The minimum absolute atomic E-state index is 0.395. The van der Waals surface area contributed by atoms with Crippen molar-refractivity contribution in [3.63, 3.8) is 0 Å². The van der Waals surface area contributed by atoms with Gasteiger partial charge >= 0.3 is 0 Å². The van der Waals surface area contributed by atoms with Gasteiger partial charge in [0.2, 0.25) is 0 Å². The summed E-state index contributed by atoms with van der Waals surface area (Å²) in [6, 6.07) is 9.58. The zero-order chi connectivity index (χ0) is 17.6. The molecule has 0 amide bonds. The number of ether oxygens (including phenoxy) is 1. The van der Waals surface area contributed by atoms with Crippen LogP contribution in [0.5, 0.6) is 0 Å². The van der Waals surface area contributed by atoms with Gasteiger partial charge in [0.25, 0.3) is 0 Å². The summed E-state index contributed by atoms with van der Waals surface area (Å²) in [5, 5.41) is 35.0. The second-order valence-corrected chi connectivity index (χ2v) is 6.05. The number of aliphatic hydroxyl groups is 3. The number of rotatable bonds is 3. The quantitative estimate of drug-likeness (QED) is 0.632. The zero-order valence-electron chi connectivity index (χ0n) is 13.5. The van der Waals surface area contributed by atoms with Gasteiger partial charge in [0.1, 0.15) is 30.3 Å². The molecule has 0 bridgehead atoms. The van der Waals surface area contributed by atoms with E-state index in [1.807, 2.05) is 37.3 Å². The van der Waals surface area contributed by atoms with E-state index in [4.69, 9.17) is 4.74 Å². The molecule has 1 aromatic carbocycles. The highest BCUT2D eigenvalue weighted by atomic mass is 16.6. The van der Waals surface area contributed by atoms with Gasteiger partial charge in [-0.3, -0.25) is 0 Å². The third-order valence-corrected chi connectivity index (χ3v) is 4.48. The van der Waals surface area contributed by atoms with Crippen LogP contribution in [0.4, 0.5) is 0 Å². The molecule has 25 heavy (non-hydrogen) atoms. The summed E-state index contributed by atoms with van der Waals surface area (Å²) < 4.78 is 7.06. The van der Waals surface area contributed by atoms with Gasteiger partial charge in [0, 0.05) is 5.56 Å². The Morgan fingerprint density at radius 3 is 2.56 bits per heavy atom.